The number of nitrogens with zero attached hydrogens (tertiary/aromatic N) is 3. The molecule has 0 bridgehead atoms. The number of benzene rings is 18. The van der Waals surface area contributed by atoms with Gasteiger partial charge in [-0.15, -0.1) is 0 Å². The van der Waals surface area contributed by atoms with Crippen molar-refractivity contribution in [1.82, 2.24) is 13.7 Å². The molecule has 0 radical (unpaired) electrons. The van der Waals surface area contributed by atoms with Gasteiger partial charge >= 0.3 is 0 Å². The van der Waals surface area contributed by atoms with Crippen molar-refractivity contribution >= 4 is 179 Å². The van der Waals surface area contributed by atoms with Gasteiger partial charge in [-0.3, -0.25) is 0 Å². The van der Waals surface area contributed by atoms with Gasteiger partial charge in [0.05, 0.1) is 44.2 Å². The lowest BCUT2D eigenvalue weighted by atomic mass is 9.98. The highest BCUT2D eigenvalue weighted by Crippen LogP contribution is 2.44. The Bertz CT molecular complexity index is 8100. The predicted octanol–water partition coefficient (Wildman–Crippen LogP) is 32.3. The van der Waals surface area contributed by atoms with E-state index in [0.717, 1.165) is 96.3 Å². The van der Waals surface area contributed by atoms with Crippen molar-refractivity contribution in [3.63, 3.8) is 0 Å². The minimum absolute atomic E-state index is 0.903. The SMILES string of the molecule is Brc1cccc(-c2cccc(-c3ccc4c(c3)c3ccccc3n4-c3ccc4c(c3)oc3ccccc34)c2)c1.Brc1cccc(-c2cccc(-c3ccc4c(c3)c3ccccc3n4-c3ccc4oc5ccccc5c4c3)c2)c1.Brc1cccc(-c2cccc(-c3ccc4c(c3)c3ccccc3n4-c3cccc4oc5ccccc5c34)c2)c1. The number of halogens is 3. The van der Waals surface area contributed by atoms with Gasteiger partial charge in [0, 0.05) is 90.1 Å². The van der Waals surface area contributed by atoms with Crippen molar-refractivity contribution in [1.29, 1.82) is 0 Å². The third kappa shape index (κ3) is 12.4. The van der Waals surface area contributed by atoms with Crippen molar-refractivity contribution < 1.29 is 13.3 Å². The Morgan fingerprint density at radius 1 is 0.162 bits per heavy atom. The second kappa shape index (κ2) is 28.9. The fourth-order valence-corrected chi connectivity index (χ4v) is 18.8. The quantitative estimate of drug-likeness (QED) is 0.145. The molecule has 0 unspecified atom stereocenters. The van der Waals surface area contributed by atoms with E-state index in [2.05, 4.69) is 425 Å². The molecule has 0 aliphatic rings. The van der Waals surface area contributed by atoms with Crippen molar-refractivity contribution in [2.75, 3.05) is 0 Å². The standard InChI is InChI=1S/3C36H22BrNO/c37-27-11-6-10-25(21-27)23-8-5-9-24(20-23)26-18-19-32-30(22-26)28-12-1-3-14-31(28)38(32)33-15-7-17-35-36(33)29-13-2-4-16-34(29)39-35;37-27-10-6-9-25(20-27)23-7-5-8-24(19-23)26-15-18-34-32(21-26)29-11-1-3-13-33(29)38(34)28-16-17-31-30-12-2-4-14-35(30)39-36(31)22-28;37-27-10-6-9-25(20-27)23-7-5-8-24(19-23)26-15-17-34-31(21-26)29-11-1-3-13-33(29)38(34)28-16-18-36-32(22-28)30-12-2-4-14-35(30)39-36/h3*1-22H. The number of para-hydroxylation sites is 6. The highest BCUT2D eigenvalue weighted by molar-refractivity contribution is 9.11. The lowest BCUT2D eigenvalue weighted by molar-refractivity contribution is 0.668. The average Bonchev–Trinajstić information content (AvgIpc) is 1.58. The van der Waals surface area contributed by atoms with Crippen LogP contribution in [0, 0.1) is 0 Å². The van der Waals surface area contributed by atoms with E-state index in [-0.39, 0.29) is 0 Å². The maximum atomic E-state index is 6.23. The molecule has 0 spiro atoms. The molecule has 0 amide bonds. The van der Waals surface area contributed by atoms with E-state index >= 15 is 0 Å². The summed E-state index contributed by atoms with van der Waals surface area (Å²) in [6.45, 7) is 0. The molecule has 552 valence electrons. The average molecular weight is 1690 g/mol. The maximum Gasteiger partial charge on any atom is 0.137 e. The van der Waals surface area contributed by atoms with Gasteiger partial charge in [0.1, 0.15) is 33.5 Å². The summed E-state index contributed by atoms with van der Waals surface area (Å²) in [5.41, 5.74) is 30.4. The number of aromatic nitrogens is 3. The summed E-state index contributed by atoms with van der Waals surface area (Å²) in [7, 11) is 0. The van der Waals surface area contributed by atoms with Crippen LogP contribution in [-0.2, 0) is 0 Å². The fourth-order valence-electron chi connectivity index (χ4n) is 17.6. The molecule has 18 aromatic carbocycles. The first kappa shape index (κ1) is 69.9. The van der Waals surface area contributed by atoms with E-state index in [0.29, 0.717) is 0 Å². The van der Waals surface area contributed by atoms with Gasteiger partial charge in [0.25, 0.3) is 0 Å². The molecule has 6 heterocycles. The van der Waals surface area contributed by atoms with Crippen LogP contribution < -0.4 is 0 Å². The summed E-state index contributed by atoms with van der Waals surface area (Å²) in [6.07, 6.45) is 0. The number of hydrogen-bond donors (Lipinski definition) is 0. The van der Waals surface area contributed by atoms with Crippen LogP contribution in [0.5, 0.6) is 0 Å². The monoisotopic (exact) mass is 1690 g/mol. The zero-order valence-corrected chi connectivity index (χ0v) is 67.6. The van der Waals surface area contributed by atoms with Gasteiger partial charge in [-0.05, 0) is 237 Å². The van der Waals surface area contributed by atoms with Crippen molar-refractivity contribution in [3.8, 4) is 83.8 Å². The minimum Gasteiger partial charge on any atom is -0.456 e. The van der Waals surface area contributed by atoms with Crippen LogP contribution in [0.1, 0.15) is 0 Å². The van der Waals surface area contributed by atoms with Crippen molar-refractivity contribution in [3.05, 3.63) is 414 Å². The third-order valence-electron chi connectivity index (χ3n) is 22.9. The molecule has 24 aromatic rings. The molecule has 117 heavy (non-hydrogen) atoms. The first-order valence-corrected chi connectivity index (χ1v) is 41.5. The first-order chi connectivity index (χ1) is 57.7. The summed E-state index contributed by atoms with van der Waals surface area (Å²) in [4.78, 5) is 0. The Morgan fingerprint density at radius 2 is 0.462 bits per heavy atom. The van der Waals surface area contributed by atoms with Gasteiger partial charge in [-0.1, -0.05) is 272 Å². The van der Waals surface area contributed by atoms with E-state index in [4.69, 9.17) is 13.3 Å². The molecular formula is C108H66Br3N3O3. The van der Waals surface area contributed by atoms with Gasteiger partial charge in [-0.25, -0.2) is 0 Å². The lowest BCUT2D eigenvalue weighted by Crippen LogP contribution is -1.94. The zero-order valence-electron chi connectivity index (χ0n) is 62.8. The second-order valence-corrected chi connectivity index (χ2v) is 32.6. The zero-order chi connectivity index (χ0) is 77.8. The molecule has 0 N–H and O–H groups in total. The van der Waals surface area contributed by atoms with Gasteiger partial charge in [-0.2, -0.15) is 0 Å². The number of fused-ring (bicyclic) bond motifs is 18. The van der Waals surface area contributed by atoms with Crippen LogP contribution in [0.25, 0.3) is 215 Å². The molecule has 0 saturated heterocycles. The highest BCUT2D eigenvalue weighted by atomic mass is 79.9. The Labute approximate surface area is 697 Å². The maximum absolute atomic E-state index is 6.23. The van der Waals surface area contributed by atoms with E-state index in [1.165, 1.54) is 132 Å². The lowest BCUT2D eigenvalue weighted by Gasteiger charge is -2.10. The number of furan rings is 3. The van der Waals surface area contributed by atoms with Crippen LogP contribution in [0.2, 0.25) is 0 Å². The minimum atomic E-state index is 0.903. The molecule has 24 rings (SSSR count). The van der Waals surface area contributed by atoms with Crippen molar-refractivity contribution in [2.45, 2.75) is 0 Å². The van der Waals surface area contributed by atoms with Gasteiger partial charge < -0.3 is 27.0 Å². The van der Waals surface area contributed by atoms with Crippen LogP contribution >= 0.6 is 47.8 Å². The fraction of sp³-hybridized carbons (Fsp3) is 0. The van der Waals surface area contributed by atoms with E-state index in [1.54, 1.807) is 0 Å². The molecule has 0 aliphatic carbocycles. The van der Waals surface area contributed by atoms with E-state index < -0.39 is 0 Å². The molecule has 6 nitrogen and oxygen atoms in total. The summed E-state index contributed by atoms with van der Waals surface area (Å²) < 4.78 is 28.9. The Morgan fingerprint density at radius 3 is 0.923 bits per heavy atom. The van der Waals surface area contributed by atoms with Crippen LogP contribution in [0.15, 0.2) is 427 Å². The third-order valence-corrected chi connectivity index (χ3v) is 24.4. The normalized spacial score (nSPS) is 11.7. The highest BCUT2D eigenvalue weighted by Gasteiger charge is 2.22. The number of rotatable bonds is 9. The Kier molecular flexibility index (Phi) is 17.3. The second-order valence-electron chi connectivity index (χ2n) is 29.8. The largest absolute Gasteiger partial charge is 0.456 e. The molecule has 0 aliphatic heterocycles. The topological polar surface area (TPSA) is 54.2 Å². The summed E-state index contributed by atoms with van der Waals surface area (Å²) in [5, 5.41) is 14.3. The smallest absolute Gasteiger partial charge is 0.137 e. The van der Waals surface area contributed by atoms with Crippen LogP contribution in [0.4, 0.5) is 0 Å². The molecule has 0 saturated carbocycles. The van der Waals surface area contributed by atoms with E-state index in [1.807, 2.05) is 36.4 Å². The van der Waals surface area contributed by atoms with Gasteiger partial charge in [0.15, 0.2) is 0 Å². The molecular weight excluding hydrogens is 1630 g/mol. The molecule has 0 fully saturated rings. The number of hydrogen-bond acceptors (Lipinski definition) is 3. The predicted molar refractivity (Wildman–Crippen MR) is 500 cm³/mol. The van der Waals surface area contributed by atoms with Crippen LogP contribution in [-0.4, -0.2) is 13.7 Å². The van der Waals surface area contributed by atoms with Gasteiger partial charge in [0.2, 0.25) is 0 Å². The van der Waals surface area contributed by atoms with Crippen LogP contribution in [0.3, 0.4) is 0 Å². The Balaban J connectivity index is 0.000000106. The van der Waals surface area contributed by atoms with E-state index in [9.17, 15) is 0 Å². The first-order valence-electron chi connectivity index (χ1n) is 39.1. The summed E-state index contributed by atoms with van der Waals surface area (Å²) >= 11 is 10.8. The molecule has 0 atom stereocenters. The summed E-state index contributed by atoms with van der Waals surface area (Å²) in [5.74, 6) is 0. The molecule has 9 heteroatoms. The van der Waals surface area contributed by atoms with Crippen molar-refractivity contribution in [2.24, 2.45) is 0 Å². The Hall–Kier alpha value is -13.8. The summed E-state index contributed by atoms with van der Waals surface area (Å²) in [6, 6.07) is 142. The molecule has 6 aromatic heterocycles.